The number of rotatable bonds is 4. The smallest absolute Gasteiger partial charge is 0.288 e. The van der Waals surface area contributed by atoms with Gasteiger partial charge in [-0.1, -0.05) is 37.8 Å². The average Bonchev–Trinajstić information content (AvgIpc) is 2.54. The third-order valence-corrected chi connectivity index (χ3v) is 6.06. The monoisotopic (exact) mass is 350 g/mol. The van der Waals surface area contributed by atoms with Crippen LogP contribution in [-0.2, 0) is 4.79 Å². The molecule has 2 bridgehead atoms. The largest absolute Gasteiger partial charge is 0.326 e. The Balaban J connectivity index is 1.78. The second kappa shape index (κ2) is 6.71. The van der Waals surface area contributed by atoms with E-state index in [1.807, 2.05) is 0 Å². The maximum atomic E-state index is 13.0. The Morgan fingerprint density at radius 1 is 1.46 bits per heavy atom. The molecule has 3 atom stereocenters. The molecule has 0 aliphatic heterocycles. The molecule has 130 valence electrons. The van der Waals surface area contributed by atoms with Gasteiger partial charge in [-0.3, -0.25) is 14.9 Å². The molecule has 1 N–H and O–H groups in total. The standard InChI is InChI=1S/C18H23ClN2O3/c1-2-12-8-13-4-3-7-18(10-12,11-13)17(22)20-14-5-6-16(21(23)24)15(19)9-14/h5-6,9,12-13H,2-4,7-8,10-11H2,1H3,(H,20,22). The number of amides is 1. The van der Waals surface area contributed by atoms with Crippen LogP contribution in [0, 0.1) is 27.4 Å². The van der Waals surface area contributed by atoms with Crippen LogP contribution in [0.3, 0.4) is 0 Å². The van der Waals surface area contributed by atoms with Crippen LogP contribution in [0.4, 0.5) is 11.4 Å². The molecule has 0 spiro atoms. The quantitative estimate of drug-likeness (QED) is 0.600. The molecule has 0 saturated heterocycles. The molecule has 0 radical (unpaired) electrons. The highest BCUT2D eigenvalue weighted by molar-refractivity contribution is 6.33. The zero-order valence-corrected chi connectivity index (χ0v) is 14.6. The minimum atomic E-state index is -0.522. The number of nitro groups is 1. The number of anilines is 1. The van der Waals surface area contributed by atoms with Crippen LogP contribution in [0.25, 0.3) is 0 Å². The van der Waals surface area contributed by atoms with Crippen LogP contribution in [0.1, 0.15) is 51.9 Å². The molecule has 1 aromatic carbocycles. The first-order chi connectivity index (χ1) is 11.4. The lowest BCUT2D eigenvalue weighted by Gasteiger charge is -2.47. The second-order valence-corrected chi connectivity index (χ2v) is 7.74. The normalized spacial score (nSPS) is 29.1. The Morgan fingerprint density at radius 3 is 2.92 bits per heavy atom. The summed E-state index contributed by atoms with van der Waals surface area (Å²) in [6.45, 7) is 2.20. The summed E-state index contributed by atoms with van der Waals surface area (Å²) in [4.78, 5) is 23.3. The van der Waals surface area contributed by atoms with E-state index in [1.54, 1.807) is 6.07 Å². The number of hydrogen-bond donors (Lipinski definition) is 1. The van der Waals surface area contributed by atoms with Crippen molar-refractivity contribution in [3.63, 3.8) is 0 Å². The summed E-state index contributed by atoms with van der Waals surface area (Å²) in [5.41, 5.74) is 0.107. The number of carbonyl (C=O) groups excluding carboxylic acids is 1. The fourth-order valence-electron chi connectivity index (χ4n) is 4.59. The molecule has 1 aromatic rings. The van der Waals surface area contributed by atoms with Gasteiger partial charge in [-0.15, -0.1) is 0 Å². The lowest BCUT2D eigenvalue weighted by atomic mass is 9.58. The Labute approximate surface area is 146 Å². The van der Waals surface area contributed by atoms with E-state index in [9.17, 15) is 14.9 Å². The van der Waals surface area contributed by atoms with E-state index in [1.165, 1.54) is 25.0 Å². The van der Waals surface area contributed by atoms with Crippen LogP contribution in [-0.4, -0.2) is 10.8 Å². The minimum Gasteiger partial charge on any atom is -0.326 e. The van der Waals surface area contributed by atoms with E-state index in [-0.39, 0.29) is 22.0 Å². The van der Waals surface area contributed by atoms with Gasteiger partial charge >= 0.3 is 0 Å². The molecule has 2 aliphatic rings. The minimum absolute atomic E-state index is 0.0481. The molecule has 6 heteroatoms. The molecule has 1 amide bonds. The van der Waals surface area contributed by atoms with Crippen molar-refractivity contribution in [1.29, 1.82) is 0 Å². The van der Waals surface area contributed by atoms with Gasteiger partial charge in [-0.2, -0.15) is 0 Å². The first kappa shape index (κ1) is 17.2. The Hall–Kier alpha value is -1.62. The molecule has 2 saturated carbocycles. The number of nitro benzene ring substituents is 1. The number of benzene rings is 1. The van der Waals surface area contributed by atoms with Crippen molar-refractivity contribution in [2.75, 3.05) is 5.32 Å². The summed E-state index contributed by atoms with van der Waals surface area (Å²) < 4.78 is 0. The Kier molecular flexibility index (Phi) is 4.81. The highest BCUT2D eigenvalue weighted by Gasteiger charge is 2.47. The van der Waals surface area contributed by atoms with Crippen LogP contribution < -0.4 is 5.32 Å². The van der Waals surface area contributed by atoms with E-state index < -0.39 is 4.92 Å². The molecular weight excluding hydrogens is 328 g/mol. The zero-order chi connectivity index (χ0) is 17.3. The predicted octanol–water partition coefficient (Wildman–Crippen LogP) is 5.18. The molecule has 0 aromatic heterocycles. The summed E-state index contributed by atoms with van der Waals surface area (Å²) in [5, 5.41) is 13.9. The third-order valence-electron chi connectivity index (χ3n) is 5.75. The van der Waals surface area contributed by atoms with Gasteiger partial charge in [0.15, 0.2) is 0 Å². The van der Waals surface area contributed by atoms with Crippen molar-refractivity contribution in [2.45, 2.75) is 51.9 Å². The van der Waals surface area contributed by atoms with E-state index in [4.69, 9.17) is 11.6 Å². The van der Waals surface area contributed by atoms with E-state index in [0.717, 1.165) is 32.1 Å². The number of nitrogens with one attached hydrogen (secondary N) is 1. The number of fused-ring (bicyclic) bond motifs is 2. The van der Waals surface area contributed by atoms with Crippen molar-refractivity contribution >= 4 is 28.9 Å². The van der Waals surface area contributed by atoms with Crippen molar-refractivity contribution in [3.8, 4) is 0 Å². The van der Waals surface area contributed by atoms with Crippen molar-refractivity contribution in [1.82, 2.24) is 0 Å². The van der Waals surface area contributed by atoms with Gasteiger partial charge in [0.1, 0.15) is 5.02 Å². The summed E-state index contributed by atoms with van der Waals surface area (Å²) in [6, 6.07) is 4.36. The van der Waals surface area contributed by atoms with Crippen LogP contribution in [0.5, 0.6) is 0 Å². The summed E-state index contributed by atoms with van der Waals surface area (Å²) in [5.74, 6) is 1.33. The number of halogens is 1. The maximum Gasteiger partial charge on any atom is 0.288 e. The van der Waals surface area contributed by atoms with Gasteiger partial charge in [0, 0.05) is 11.8 Å². The lowest BCUT2D eigenvalue weighted by molar-refractivity contribution is -0.384. The highest BCUT2D eigenvalue weighted by atomic mass is 35.5. The molecule has 3 unspecified atom stereocenters. The fourth-order valence-corrected chi connectivity index (χ4v) is 4.84. The molecule has 2 aliphatic carbocycles. The molecule has 3 rings (SSSR count). The lowest BCUT2D eigenvalue weighted by Crippen LogP contribution is -2.45. The van der Waals surface area contributed by atoms with Gasteiger partial charge in [-0.05, 0) is 49.7 Å². The van der Waals surface area contributed by atoms with Crippen LogP contribution in [0.2, 0.25) is 5.02 Å². The Morgan fingerprint density at radius 2 is 2.25 bits per heavy atom. The molecule has 5 nitrogen and oxygen atoms in total. The van der Waals surface area contributed by atoms with Crippen molar-refractivity contribution in [2.24, 2.45) is 17.3 Å². The maximum absolute atomic E-state index is 13.0. The van der Waals surface area contributed by atoms with Gasteiger partial charge in [0.25, 0.3) is 5.69 Å². The molecule has 2 fully saturated rings. The number of hydrogen-bond acceptors (Lipinski definition) is 3. The van der Waals surface area contributed by atoms with Gasteiger partial charge in [-0.25, -0.2) is 0 Å². The molecule has 0 heterocycles. The third kappa shape index (κ3) is 3.27. The molecular formula is C18H23ClN2O3. The van der Waals surface area contributed by atoms with E-state index in [0.29, 0.717) is 17.5 Å². The van der Waals surface area contributed by atoms with Crippen LogP contribution >= 0.6 is 11.6 Å². The number of nitrogens with zero attached hydrogens (tertiary/aromatic N) is 1. The van der Waals surface area contributed by atoms with Gasteiger partial charge < -0.3 is 5.32 Å². The SMILES string of the molecule is CCC1CC2CCCC(C(=O)Nc3ccc([N+](=O)[O-])c(Cl)c3)(C1)C2. The van der Waals surface area contributed by atoms with Crippen molar-refractivity contribution in [3.05, 3.63) is 33.3 Å². The summed E-state index contributed by atoms with van der Waals surface area (Å²) in [7, 11) is 0. The van der Waals surface area contributed by atoms with E-state index >= 15 is 0 Å². The zero-order valence-electron chi connectivity index (χ0n) is 13.9. The summed E-state index contributed by atoms with van der Waals surface area (Å²) >= 11 is 5.95. The predicted molar refractivity (Wildman–Crippen MR) is 94.1 cm³/mol. The van der Waals surface area contributed by atoms with Crippen LogP contribution in [0.15, 0.2) is 18.2 Å². The Bertz CT molecular complexity index is 664. The fraction of sp³-hybridized carbons (Fsp3) is 0.611. The summed E-state index contributed by atoms with van der Waals surface area (Å²) in [6.07, 6.45) is 7.56. The number of carbonyl (C=O) groups is 1. The first-order valence-corrected chi connectivity index (χ1v) is 9.07. The highest BCUT2D eigenvalue weighted by Crippen LogP contribution is 2.52. The second-order valence-electron chi connectivity index (χ2n) is 7.33. The average molecular weight is 351 g/mol. The topological polar surface area (TPSA) is 72.2 Å². The van der Waals surface area contributed by atoms with Crippen molar-refractivity contribution < 1.29 is 9.72 Å². The van der Waals surface area contributed by atoms with Gasteiger partial charge in [0.2, 0.25) is 5.91 Å². The first-order valence-electron chi connectivity index (χ1n) is 8.69. The van der Waals surface area contributed by atoms with Gasteiger partial charge in [0.05, 0.1) is 10.3 Å². The van der Waals surface area contributed by atoms with E-state index in [2.05, 4.69) is 12.2 Å². The molecule has 24 heavy (non-hydrogen) atoms.